The van der Waals surface area contributed by atoms with E-state index in [1.54, 1.807) is 18.3 Å². The molecule has 1 N–H and O–H groups in total. The minimum atomic E-state index is -0.317. The highest BCUT2D eigenvalue weighted by Gasteiger charge is 2.10. The van der Waals surface area contributed by atoms with Crippen LogP contribution in [-0.2, 0) is 4.74 Å². The molecule has 0 atom stereocenters. The highest BCUT2D eigenvalue weighted by atomic mass is 16.5. The van der Waals surface area contributed by atoms with Crippen molar-refractivity contribution in [3.8, 4) is 11.4 Å². The number of hydrogen-bond acceptors (Lipinski definition) is 4. The first-order valence-corrected chi connectivity index (χ1v) is 6.75. The van der Waals surface area contributed by atoms with Gasteiger partial charge in [-0.05, 0) is 38.1 Å². The van der Waals surface area contributed by atoms with Crippen LogP contribution in [0.15, 0.2) is 42.6 Å². The quantitative estimate of drug-likeness (QED) is 0.749. The number of nitrogens with one attached hydrogen (secondary N) is 1. The minimum absolute atomic E-state index is 0.126. The van der Waals surface area contributed by atoms with E-state index in [4.69, 9.17) is 4.74 Å². The number of nitrogens with zero attached hydrogens (tertiary/aromatic N) is 2. The standard InChI is InChI=1S/C16H15N3O2/c1-10(2)21-16(20)12-7-5-11(6-8-12)14-18-13-4-3-9-17-15(13)19-14/h3-10H,1-2H3,(H,17,18,19). The summed E-state index contributed by atoms with van der Waals surface area (Å²) in [6.07, 6.45) is 1.58. The van der Waals surface area contributed by atoms with E-state index in [9.17, 15) is 4.79 Å². The van der Waals surface area contributed by atoms with Gasteiger partial charge >= 0.3 is 5.97 Å². The lowest BCUT2D eigenvalue weighted by Crippen LogP contribution is -2.11. The van der Waals surface area contributed by atoms with E-state index in [2.05, 4.69) is 15.0 Å². The number of aromatic amines is 1. The van der Waals surface area contributed by atoms with E-state index in [0.717, 1.165) is 16.9 Å². The topological polar surface area (TPSA) is 67.9 Å². The summed E-state index contributed by atoms with van der Waals surface area (Å²) in [4.78, 5) is 23.6. The van der Waals surface area contributed by atoms with Crippen LogP contribution in [0.2, 0.25) is 0 Å². The maximum absolute atomic E-state index is 11.8. The zero-order chi connectivity index (χ0) is 14.8. The highest BCUT2D eigenvalue weighted by Crippen LogP contribution is 2.20. The molecule has 0 saturated carbocycles. The van der Waals surface area contributed by atoms with Gasteiger partial charge in [0.1, 0.15) is 5.82 Å². The molecule has 0 aliphatic carbocycles. The molecule has 106 valence electrons. The van der Waals surface area contributed by atoms with Crippen molar-refractivity contribution < 1.29 is 9.53 Å². The van der Waals surface area contributed by atoms with Crippen molar-refractivity contribution in [2.75, 3.05) is 0 Å². The van der Waals surface area contributed by atoms with Crippen molar-refractivity contribution in [2.24, 2.45) is 0 Å². The number of hydrogen-bond donors (Lipinski definition) is 1. The summed E-state index contributed by atoms with van der Waals surface area (Å²) >= 11 is 0. The Bertz CT molecular complexity index is 743. The van der Waals surface area contributed by atoms with E-state index >= 15 is 0 Å². The summed E-state index contributed by atoms with van der Waals surface area (Å²) < 4.78 is 5.16. The van der Waals surface area contributed by atoms with E-state index in [0.29, 0.717) is 11.2 Å². The average molecular weight is 281 g/mol. The Morgan fingerprint density at radius 2 is 1.95 bits per heavy atom. The molecule has 0 bridgehead atoms. The lowest BCUT2D eigenvalue weighted by atomic mass is 10.1. The van der Waals surface area contributed by atoms with Gasteiger partial charge in [0.05, 0.1) is 17.2 Å². The Labute approximate surface area is 122 Å². The summed E-state index contributed by atoms with van der Waals surface area (Å²) in [6, 6.07) is 10.9. The second-order valence-electron chi connectivity index (χ2n) is 4.99. The van der Waals surface area contributed by atoms with Gasteiger partial charge in [-0.2, -0.15) is 0 Å². The summed E-state index contributed by atoms with van der Waals surface area (Å²) in [5.74, 6) is 0.412. The first kappa shape index (κ1) is 13.3. The molecule has 0 aliphatic rings. The van der Waals surface area contributed by atoms with Crippen LogP contribution in [0, 0.1) is 0 Å². The number of esters is 1. The molecular weight excluding hydrogens is 266 g/mol. The minimum Gasteiger partial charge on any atom is -0.459 e. The van der Waals surface area contributed by atoms with Crippen LogP contribution >= 0.6 is 0 Å². The van der Waals surface area contributed by atoms with Gasteiger partial charge < -0.3 is 9.72 Å². The molecule has 3 rings (SSSR count). The molecule has 0 fully saturated rings. The summed E-state index contributed by atoms with van der Waals surface area (Å²) in [7, 11) is 0. The number of aromatic nitrogens is 3. The Morgan fingerprint density at radius 1 is 1.19 bits per heavy atom. The van der Waals surface area contributed by atoms with Crippen LogP contribution in [0.5, 0.6) is 0 Å². The van der Waals surface area contributed by atoms with Crippen LogP contribution in [0.1, 0.15) is 24.2 Å². The van der Waals surface area contributed by atoms with Crippen LogP contribution in [0.3, 0.4) is 0 Å². The number of H-pyrrole nitrogens is 1. The predicted octanol–water partition coefficient (Wildman–Crippen LogP) is 3.19. The number of imidazole rings is 1. The van der Waals surface area contributed by atoms with Crippen molar-refractivity contribution >= 4 is 17.1 Å². The smallest absolute Gasteiger partial charge is 0.338 e. The molecule has 5 nitrogen and oxygen atoms in total. The van der Waals surface area contributed by atoms with Crippen LogP contribution in [0.25, 0.3) is 22.6 Å². The van der Waals surface area contributed by atoms with Gasteiger partial charge in [-0.25, -0.2) is 14.8 Å². The number of pyridine rings is 1. The average Bonchev–Trinajstić information content (AvgIpc) is 2.90. The Kier molecular flexibility index (Phi) is 3.39. The summed E-state index contributed by atoms with van der Waals surface area (Å²) in [5, 5.41) is 0. The van der Waals surface area contributed by atoms with Gasteiger partial charge in [0.25, 0.3) is 0 Å². The third-order valence-corrected chi connectivity index (χ3v) is 2.99. The highest BCUT2D eigenvalue weighted by molar-refractivity contribution is 5.90. The predicted molar refractivity (Wildman–Crippen MR) is 79.9 cm³/mol. The van der Waals surface area contributed by atoms with Gasteiger partial charge in [0.15, 0.2) is 5.65 Å². The third kappa shape index (κ3) is 2.76. The normalized spacial score (nSPS) is 11.0. The zero-order valence-electron chi connectivity index (χ0n) is 11.8. The van der Waals surface area contributed by atoms with Gasteiger partial charge in [0.2, 0.25) is 0 Å². The first-order chi connectivity index (χ1) is 10.1. The number of rotatable bonds is 3. The van der Waals surface area contributed by atoms with Crippen molar-refractivity contribution in [1.82, 2.24) is 15.0 Å². The Balaban J connectivity index is 1.88. The van der Waals surface area contributed by atoms with Crippen molar-refractivity contribution in [1.29, 1.82) is 0 Å². The molecule has 0 aliphatic heterocycles. The molecule has 21 heavy (non-hydrogen) atoms. The van der Waals surface area contributed by atoms with E-state index in [1.807, 2.05) is 38.1 Å². The lowest BCUT2D eigenvalue weighted by molar-refractivity contribution is 0.0378. The fourth-order valence-corrected chi connectivity index (χ4v) is 2.03. The molecule has 2 aromatic heterocycles. The molecule has 2 heterocycles. The van der Waals surface area contributed by atoms with Crippen LogP contribution in [0.4, 0.5) is 0 Å². The summed E-state index contributed by atoms with van der Waals surface area (Å²) in [5.41, 5.74) is 2.99. The number of carbonyl (C=O) groups excluding carboxylic acids is 1. The van der Waals surface area contributed by atoms with Crippen molar-refractivity contribution in [3.05, 3.63) is 48.2 Å². The second-order valence-corrected chi connectivity index (χ2v) is 4.99. The van der Waals surface area contributed by atoms with Crippen molar-refractivity contribution in [3.63, 3.8) is 0 Å². The molecule has 0 spiro atoms. The van der Waals surface area contributed by atoms with E-state index in [-0.39, 0.29) is 12.1 Å². The maximum Gasteiger partial charge on any atom is 0.338 e. The Hall–Kier alpha value is -2.69. The van der Waals surface area contributed by atoms with Crippen molar-refractivity contribution in [2.45, 2.75) is 20.0 Å². The first-order valence-electron chi connectivity index (χ1n) is 6.75. The molecule has 0 unspecified atom stereocenters. The molecule has 0 saturated heterocycles. The molecular formula is C16H15N3O2. The van der Waals surface area contributed by atoms with E-state index < -0.39 is 0 Å². The second kappa shape index (κ2) is 5.36. The Morgan fingerprint density at radius 3 is 2.62 bits per heavy atom. The van der Waals surface area contributed by atoms with Crippen LogP contribution in [-0.4, -0.2) is 27.0 Å². The number of benzene rings is 1. The molecule has 5 heteroatoms. The van der Waals surface area contributed by atoms with Gasteiger partial charge in [-0.1, -0.05) is 12.1 Å². The SMILES string of the molecule is CC(C)OC(=O)c1ccc(-c2nc3ncccc3[nH]2)cc1. The van der Waals surface area contributed by atoms with Gasteiger partial charge in [-0.3, -0.25) is 0 Å². The number of carbonyl (C=O) groups is 1. The van der Waals surface area contributed by atoms with E-state index in [1.165, 1.54) is 0 Å². The fourth-order valence-electron chi connectivity index (χ4n) is 2.03. The third-order valence-electron chi connectivity index (χ3n) is 2.99. The zero-order valence-corrected chi connectivity index (χ0v) is 11.8. The maximum atomic E-state index is 11.8. The largest absolute Gasteiger partial charge is 0.459 e. The molecule has 1 aromatic carbocycles. The lowest BCUT2D eigenvalue weighted by Gasteiger charge is -2.07. The number of fused-ring (bicyclic) bond motifs is 1. The molecule has 0 amide bonds. The molecule has 3 aromatic rings. The monoisotopic (exact) mass is 281 g/mol. The van der Waals surface area contributed by atoms with Gasteiger partial charge in [-0.15, -0.1) is 0 Å². The fraction of sp³-hybridized carbons (Fsp3) is 0.188. The number of ether oxygens (including phenoxy) is 1. The molecule has 0 radical (unpaired) electrons. The van der Waals surface area contributed by atoms with Gasteiger partial charge in [0, 0.05) is 11.8 Å². The summed E-state index contributed by atoms with van der Waals surface area (Å²) in [6.45, 7) is 3.65. The van der Waals surface area contributed by atoms with Crippen LogP contribution < -0.4 is 0 Å².